The molecule has 3 aliphatic rings. The summed E-state index contributed by atoms with van der Waals surface area (Å²) in [6.45, 7) is 12.2. The van der Waals surface area contributed by atoms with Crippen LogP contribution in [-0.4, -0.2) is 116 Å². The number of ether oxygens (including phenoxy) is 1. The number of piperidine rings is 1. The number of benzene rings is 1. The molecule has 1 aromatic carbocycles. The second-order valence-corrected chi connectivity index (χ2v) is 20.0. The van der Waals surface area contributed by atoms with Crippen LogP contribution in [-0.2, 0) is 9.84 Å². The Kier molecular flexibility index (Phi) is 13.5. The number of piperazine rings is 1. The number of aromatic nitrogens is 4. The number of anilines is 3. The summed E-state index contributed by atoms with van der Waals surface area (Å²) in [7, 11) is 2.19. The molecular weight excluding hydrogens is 719 g/mol. The number of hydrogen-bond donors (Lipinski definition) is 3. The predicted molar refractivity (Wildman–Crippen MR) is 219 cm³/mol. The van der Waals surface area contributed by atoms with Gasteiger partial charge in [-0.25, -0.2) is 18.4 Å². The molecule has 12 nitrogen and oxygen atoms in total. The zero-order chi connectivity index (χ0) is 38.3. The maximum absolute atomic E-state index is 14.6. The van der Waals surface area contributed by atoms with Gasteiger partial charge >= 0.3 is 0 Å². The molecule has 298 valence electrons. The van der Waals surface area contributed by atoms with E-state index in [1.807, 2.05) is 39.0 Å². The summed E-state index contributed by atoms with van der Waals surface area (Å²) in [4.78, 5) is 18.1. The van der Waals surface area contributed by atoms with E-state index < -0.39 is 14.6 Å². The average molecular weight is 782 g/mol. The maximum atomic E-state index is 14.6. The van der Waals surface area contributed by atoms with Crippen LogP contribution in [0.15, 0.2) is 45.3 Å². The number of likely N-dealkylation sites (N-methyl/N-ethyl adjacent to an activating group) is 1. The lowest BCUT2D eigenvalue weighted by Gasteiger charge is -2.52. The Morgan fingerprint density at radius 2 is 1.61 bits per heavy atom. The molecule has 1 aliphatic carbocycles. The monoisotopic (exact) mass is 781 g/mol. The Morgan fingerprint density at radius 1 is 0.963 bits per heavy atom. The Labute approximate surface area is 327 Å². The first kappa shape index (κ1) is 40.7. The van der Waals surface area contributed by atoms with Crippen molar-refractivity contribution in [3.63, 3.8) is 0 Å². The first-order chi connectivity index (χ1) is 25.9. The second-order valence-electron chi connectivity index (χ2n) is 16.4. The molecule has 2 saturated heterocycles. The van der Waals surface area contributed by atoms with Gasteiger partial charge in [-0.05, 0) is 109 Å². The third-order valence-electron chi connectivity index (χ3n) is 11.9. The van der Waals surface area contributed by atoms with Crippen molar-refractivity contribution in [3.8, 4) is 5.75 Å². The van der Waals surface area contributed by atoms with Crippen molar-refractivity contribution in [1.29, 1.82) is 0 Å². The van der Waals surface area contributed by atoms with E-state index >= 15 is 0 Å². The van der Waals surface area contributed by atoms with E-state index in [0.717, 1.165) is 87.9 Å². The lowest BCUT2D eigenvalue weighted by atomic mass is 9.64. The standard InChI is InChI=1S/C40H63N9O3S2/c1-30-29-33(46-45-30)42-35-34(52-6)36(49-27-25-48(26-28-49)24-23-47(4)5)44-38(43-35)53-31-15-17-32(18-16-31)54(50,51)39(2,3)37-40(21-14-22-41-37)19-12-10-8-7-9-11-13-20-40/h15-18,29,37,41H,7-14,19-28H2,1-6H3,(H2,42,43,44,45,46). The number of nitrogens with one attached hydrogen (secondary N) is 3. The van der Waals surface area contributed by atoms with Crippen molar-refractivity contribution in [1.82, 2.24) is 35.3 Å². The molecule has 6 rings (SSSR count). The minimum atomic E-state index is -3.68. The van der Waals surface area contributed by atoms with E-state index in [1.54, 1.807) is 19.2 Å². The molecule has 4 heterocycles. The Bertz CT molecular complexity index is 1760. The van der Waals surface area contributed by atoms with Gasteiger partial charge in [0.25, 0.3) is 0 Å². The zero-order valence-corrected chi connectivity index (χ0v) is 35.0. The topological polar surface area (TPSA) is 132 Å². The van der Waals surface area contributed by atoms with Crippen LogP contribution in [0.25, 0.3) is 0 Å². The molecule has 1 saturated carbocycles. The number of nitrogens with zero attached hydrogens (tertiary/aromatic N) is 6. The van der Waals surface area contributed by atoms with E-state index in [1.165, 1.54) is 56.7 Å². The minimum absolute atomic E-state index is 0.00482. The van der Waals surface area contributed by atoms with Crippen LogP contribution in [0.3, 0.4) is 0 Å². The number of sulfone groups is 1. The van der Waals surface area contributed by atoms with E-state index in [-0.39, 0.29) is 11.5 Å². The summed E-state index contributed by atoms with van der Waals surface area (Å²) < 4.78 is 34.2. The molecule has 3 fully saturated rings. The van der Waals surface area contributed by atoms with Crippen LogP contribution >= 0.6 is 11.8 Å². The fraction of sp³-hybridized carbons (Fsp3) is 0.675. The largest absolute Gasteiger partial charge is 0.490 e. The molecule has 14 heteroatoms. The van der Waals surface area contributed by atoms with Crippen LogP contribution in [0.1, 0.15) is 90.2 Å². The van der Waals surface area contributed by atoms with E-state index in [4.69, 9.17) is 14.7 Å². The quantitative estimate of drug-likeness (QED) is 0.165. The second kappa shape index (κ2) is 17.9. The molecular formula is C40H63N9O3S2. The molecule has 3 N–H and O–H groups in total. The number of aromatic amines is 1. The zero-order valence-electron chi connectivity index (χ0n) is 33.4. The Morgan fingerprint density at radius 3 is 2.22 bits per heavy atom. The van der Waals surface area contributed by atoms with Crippen molar-refractivity contribution in [3.05, 3.63) is 36.0 Å². The average Bonchev–Trinajstić information content (AvgIpc) is 3.57. The molecule has 54 heavy (non-hydrogen) atoms. The SMILES string of the molecule is COc1c(Nc2cc(C)n[nH]2)nc(Sc2ccc(S(=O)(=O)C(C)(C)C3NCCCC34CCCCCCCCC4)cc2)nc1N1CCN(CCN(C)C)CC1. The lowest BCUT2D eigenvalue weighted by molar-refractivity contribution is 0.0780. The van der Waals surface area contributed by atoms with Gasteiger partial charge in [0.05, 0.1) is 22.4 Å². The van der Waals surface area contributed by atoms with Crippen molar-refractivity contribution in [2.75, 3.05) is 77.2 Å². The highest BCUT2D eigenvalue weighted by Gasteiger charge is 2.53. The van der Waals surface area contributed by atoms with Gasteiger partial charge in [0, 0.05) is 56.3 Å². The minimum Gasteiger partial charge on any atom is -0.490 e. The van der Waals surface area contributed by atoms with Gasteiger partial charge in [0.1, 0.15) is 5.82 Å². The van der Waals surface area contributed by atoms with Gasteiger partial charge in [0.2, 0.25) is 5.75 Å². The van der Waals surface area contributed by atoms with Gasteiger partial charge in [0.15, 0.2) is 26.6 Å². The first-order valence-electron chi connectivity index (χ1n) is 20.0. The van der Waals surface area contributed by atoms with Gasteiger partial charge in [-0.3, -0.25) is 10.00 Å². The van der Waals surface area contributed by atoms with Crippen LogP contribution < -0.4 is 20.3 Å². The van der Waals surface area contributed by atoms with E-state index in [0.29, 0.717) is 27.4 Å². The summed E-state index contributed by atoms with van der Waals surface area (Å²) in [5.74, 6) is 2.55. The van der Waals surface area contributed by atoms with Gasteiger partial charge in [-0.2, -0.15) is 5.10 Å². The number of aryl methyl sites for hydroxylation is 1. The smallest absolute Gasteiger partial charge is 0.204 e. The summed E-state index contributed by atoms with van der Waals surface area (Å²) >= 11 is 1.41. The summed E-state index contributed by atoms with van der Waals surface area (Å²) in [5, 5.41) is 15.0. The van der Waals surface area contributed by atoms with Crippen molar-refractivity contribution >= 4 is 39.1 Å². The predicted octanol–water partition coefficient (Wildman–Crippen LogP) is 6.91. The molecule has 0 bridgehead atoms. The third kappa shape index (κ3) is 9.37. The highest BCUT2D eigenvalue weighted by atomic mass is 32.2. The maximum Gasteiger partial charge on any atom is 0.204 e. The van der Waals surface area contributed by atoms with E-state index in [9.17, 15) is 8.42 Å². The van der Waals surface area contributed by atoms with Crippen molar-refractivity contribution in [2.24, 2.45) is 5.41 Å². The van der Waals surface area contributed by atoms with Crippen LogP contribution in [0, 0.1) is 12.3 Å². The van der Waals surface area contributed by atoms with Crippen LogP contribution in [0.5, 0.6) is 5.75 Å². The van der Waals surface area contributed by atoms with E-state index in [2.05, 4.69) is 49.6 Å². The highest BCUT2D eigenvalue weighted by Crippen LogP contribution is 2.49. The van der Waals surface area contributed by atoms with Crippen molar-refractivity contribution in [2.45, 2.75) is 117 Å². The van der Waals surface area contributed by atoms with Gasteiger partial charge < -0.3 is 25.2 Å². The Balaban J connectivity index is 1.24. The third-order valence-corrected chi connectivity index (χ3v) is 15.3. The molecule has 3 aromatic rings. The molecule has 1 spiro atoms. The number of methoxy groups -OCH3 is 1. The summed E-state index contributed by atoms with van der Waals surface area (Å²) in [5.41, 5.74) is 0.864. The van der Waals surface area contributed by atoms with Crippen LogP contribution in [0.2, 0.25) is 0 Å². The number of hydrogen-bond acceptors (Lipinski definition) is 12. The molecule has 2 aromatic heterocycles. The normalized spacial score (nSPS) is 20.6. The lowest BCUT2D eigenvalue weighted by Crippen LogP contribution is -2.62. The number of rotatable bonds is 12. The molecule has 0 radical (unpaired) electrons. The molecule has 0 amide bonds. The van der Waals surface area contributed by atoms with Crippen molar-refractivity contribution < 1.29 is 13.2 Å². The highest BCUT2D eigenvalue weighted by molar-refractivity contribution is 7.99. The molecule has 2 aliphatic heterocycles. The molecule has 1 atom stereocenters. The fourth-order valence-corrected chi connectivity index (χ4v) is 11.4. The van der Waals surface area contributed by atoms with Crippen LogP contribution in [0.4, 0.5) is 17.5 Å². The fourth-order valence-electron chi connectivity index (χ4n) is 8.87. The molecule has 1 unspecified atom stereocenters. The summed E-state index contributed by atoms with van der Waals surface area (Å²) in [6, 6.07) is 9.15. The van der Waals surface area contributed by atoms with Gasteiger partial charge in [-0.15, -0.1) is 0 Å². The number of H-pyrrole nitrogens is 1. The first-order valence-corrected chi connectivity index (χ1v) is 22.3. The van der Waals surface area contributed by atoms with Gasteiger partial charge in [-0.1, -0.05) is 44.9 Å². The summed E-state index contributed by atoms with van der Waals surface area (Å²) in [6.07, 6.45) is 13.2. The Hall–Kier alpha value is -2.91.